The highest BCUT2D eigenvalue weighted by Crippen LogP contribution is 2.10. The van der Waals surface area contributed by atoms with Gasteiger partial charge in [0.1, 0.15) is 0 Å². The number of guanidine groups is 1. The van der Waals surface area contributed by atoms with Crippen molar-refractivity contribution >= 4 is 18.0 Å². The summed E-state index contributed by atoms with van der Waals surface area (Å²) < 4.78 is 5.02. The van der Waals surface area contributed by atoms with Crippen molar-refractivity contribution in [3.63, 3.8) is 0 Å². The average molecular weight is 392 g/mol. The van der Waals surface area contributed by atoms with Crippen molar-refractivity contribution in [2.45, 2.75) is 33.2 Å². The average Bonchev–Trinajstić information content (AvgIpc) is 2.69. The molecule has 0 saturated carbocycles. The van der Waals surface area contributed by atoms with Gasteiger partial charge in [-0.25, -0.2) is 14.8 Å². The molecule has 9 heteroatoms. The maximum atomic E-state index is 11.8. The molecule has 0 spiro atoms. The van der Waals surface area contributed by atoms with Gasteiger partial charge in [-0.1, -0.05) is 13.8 Å². The summed E-state index contributed by atoms with van der Waals surface area (Å²) in [6.45, 7) is 10.4. The van der Waals surface area contributed by atoms with Crippen LogP contribution in [-0.2, 0) is 4.74 Å². The van der Waals surface area contributed by atoms with E-state index in [1.54, 1.807) is 26.4 Å². The fourth-order valence-electron chi connectivity index (χ4n) is 3.22. The van der Waals surface area contributed by atoms with E-state index in [2.05, 4.69) is 49.2 Å². The Morgan fingerprint density at radius 3 is 2.50 bits per heavy atom. The van der Waals surface area contributed by atoms with E-state index in [0.29, 0.717) is 19.1 Å². The van der Waals surface area contributed by atoms with Gasteiger partial charge < -0.3 is 25.2 Å². The molecule has 1 aliphatic heterocycles. The lowest BCUT2D eigenvalue weighted by molar-refractivity contribution is 0.146. The number of carbonyl (C=O) groups is 1. The molecule has 1 unspecified atom stereocenters. The Hall–Kier alpha value is -2.58. The second-order valence-corrected chi connectivity index (χ2v) is 7.14. The molecule has 9 nitrogen and oxygen atoms in total. The number of hydrogen-bond donors (Lipinski definition) is 2. The maximum Gasteiger partial charge on any atom is 0.407 e. The monoisotopic (exact) mass is 391 g/mol. The van der Waals surface area contributed by atoms with Crippen molar-refractivity contribution in [2.75, 3.05) is 51.3 Å². The van der Waals surface area contributed by atoms with Crippen LogP contribution in [0.25, 0.3) is 0 Å². The zero-order chi connectivity index (χ0) is 20.4. The van der Waals surface area contributed by atoms with Crippen LogP contribution in [0.2, 0.25) is 0 Å². The number of alkyl carbamates (subject to hydrolysis) is 1. The van der Waals surface area contributed by atoms with Gasteiger partial charge in [-0.15, -0.1) is 0 Å². The van der Waals surface area contributed by atoms with E-state index in [9.17, 15) is 4.79 Å². The first kappa shape index (κ1) is 21.7. The number of anilines is 1. The number of rotatable bonds is 7. The van der Waals surface area contributed by atoms with Gasteiger partial charge in [-0.3, -0.25) is 4.99 Å². The molecule has 1 saturated heterocycles. The van der Waals surface area contributed by atoms with Crippen LogP contribution in [0.15, 0.2) is 23.5 Å². The summed E-state index contributed by atoms with van der Waals surface area (Å²) in [6.07, 6.45) is 4.02. The van der Waals surface area contributed by atoms with Crippen LogP contribution in [0.4, 0.5) is 10.7 Å². The zero-order valence-corrected chi connectivity index (χ0v) is 17.4. The molecule has 2 heterocycles. The van der Waals surface area contributed by atoms with Crippen LogP contribution in [-0.4, -0.2) is 79.3 Å². The minimum atomic E-state index is -0.374. The van der Waals surface area contributed by atoms with Crippen molar-refractivity contribution in [1.29, 1.82) is 0 Å². The van der Waals surface area contributed by atoms with Crippen LogP contribution in [0.5, 0.6) is 0 Å². The molecule has 1 aromatic heterocycles. The lowest BCUT2D eigenvalue weighted by Gasteiger charge is -2.36. The Kier molecular flexibility index (Phi) is 8.77. The summed E-state index contributed by atoms with van der Waals surface area (Å²) in [4.78, 5) is 29.3. The first-order chi connectivity index (χ1) is 13.5. The molecule has 0 radical (unpaired) electrons. The molecule has 156 valence electrons. The second kappa shape index (κ2) is 11.3. The quantitative estimate of drug-likeness (QED) is 0.535. The topological polar surface area (TPSA) is 95.0 Å². The minimum absolute atomic E-state index is 0.0187. The van der Waals surface area contributed by atoms with Crippen molar-refractivity contribution < 1.29 is 9.53 Å². The molecule has 0 aromatic carbocycles. The van der Waals surface area contributed by atoms with E-state index in [0.717, 1.165) is 44.5 Å². The molecule has 1 fully saturated rings. The third kappa shape index (κ3) is 6.86. The number of nitrogens with one attached hydrogen (secondary N) is 2. The summed E-state index contributed by atoms with van der Waals surface area (Å²) in [7, 11) is 1.78. The third-order valence-electron chi connectivity index (χ3n) is 4.49. The highest BCUT2D eigenvalue weighted by Gasteiger charge is 2.22. The van der Waals surface area contributed by atoms with Crippen LogP contribution in [0, 0.1) is 5.92 Å². The van der Waals surface area contributed by atoms with E-state index >= 15 is 0 Å². The van der Waals surface area contributed by atoms with Gasteiger partial charge in [0.2, 0.25) is 5.95 Å². The third-order valence-corrected chi connectivity index (χ3v) is 4.49. The summed E-state index contributed by atoms with van der Waals surface area (Å²) in [5.74, 6) is 2.07. The molecule has 28 heavy (non-hydrogen) atoms. The molecule has 1 aliphatic rings. The Balaban J connectivity index is 1.86. The molecule has 2 N–H and O–H groups in total. The summed E-state index contributed by atoms with van der Waals surface area (Å²) >= 11 is 0. The number of aromatic nitrogens is 2. The van der Waals surface area contributed by atoms with E-state index in [1.165, 1.54) is 0 Å². The molecule has 1 amide bonds. The molecule has 1 aromatic rings. The van der Waals surface area contributed by atoms with E-state index in [4.69, 9.17) is 4.74 Å². The molecule has 2 rings (SSSR count). The Bertz CT molecular complexity index is 616. The van der Waals surface area contributed by atoms with Gasteiger partial charge in [0.05, 0.1) is 6.61 Å². The van der Waals surface area contributed by atoms with Gasteiger partial charge in [0.25, 0.3) is 0 Å². The van der Waals surface area contributed by atoms with Gasteiger partial charge in [0, 0.05) is 58.2 Å². The molecular weight excluding hydrogens is 358 g/mol. The van der Waals surface area contributed by atoms with E-state index < -0.39 is 0 Å². The predicted molar refractivity (Wildman–Crippen MR) is 111 cm³/mol. The highest BCUT2D eigenvalue weighted by atomic mass is 16.5. The number of hydrogen-bond acceptors (Lipinski definition) is 6. The Morgan fingerprint density at radius 2 is 1.93 bits per heavy atom. The fourth-order valence-corrected chi connectivity index (χ4v) is 3.22. The molecule has 0 bridgehead atoms. The van der Waals surface area contributed by atoms with Crippen molar-refractivity contribution in [3.8, 4) is 0 Å². The molecular formula is C19H33N7O2. The molecule has 1 atom stereocenters. The van der Waals surface area contributed by atoms with Crippen molar-refractivity contribution in [2.24, 2.45) is 10.9 Å². The maximum absolute atomic E-state index is 11.8. The highest BCUT2D eigenvalue weighted by molar-refractivity contribution is 5.80. The largest absolute Gasteiger partial charge is 0.450 e. The number of aliphatic imine (C=N–C) groups is 1. The Labute approximate surface area is 167 Å². The summed E-state index contributed by atoms with van der Waals surface area (Å²) in [5.41, 5.74) is 0. The van der Waals surface area contributed by atoms with Gasteiger partial charge in [0.15, 0.2) is 5.96 Å². The first-order valence-electron chi connectivity index (χ1n) is 9.94. The predicted octanol–water partition coefficient (Wildman–Crippen LogP) is 1.33. The smallest absolute Gasteiger partial charge is 0.407 e. The standard InChI is InChI=1S/C19H33N7O2/c1-5-28-19(27)24-16(13-15(2)3)14-23-17(20-4)25-9-11-26(12-10-25)18-21-7-6-8-22-18/h6-8,15-16H,5,9-14H2,1-4H3,(H,20,23)(H,24,27). The lowest BCUT2D eigenvalue weighted by atomic mass is 10.0. The van der Waals surface area contributed by atoms with Gasteiger partial charge in [-0.2, -0.15) is 0 Å². The fraction of sp³-hybridized carbons (Fsp3) is 0.684. The first-order valence-corrected chi connectivity index (χ1v) is 9.94. The SMILES string of the molecule is CCOC(=O)NC(CNC(=NC)N1CCN(c2ncccn2)CC1)CC(C)C. The van der Waals surface area contributed by atoms with E-state index in [-0.39, 0.29) is 12.1 Å². The molecule has 0 aliphatic carbocycles. The van der Waals surface area contributed by atoms with Crippen LogP contribution in [0.1, 0.15) is 27.2 Å². The number of carbonyl (C=O) groups excluding carboxylic acids is 1. The number of amides is 1. The number of piperazine rings is 1. The zero-order valence-electron chi connectivity index (χ0n) is 17.4. The lowest BCUT2D eigenvalue weighted by Crippen LogP contribution is -2.55. The minimum Gasteiger partial charge on any atom is -0.450 e. The van der Waals surface area contributed by atoms with Crippen LogP contribution < -0.4 is 15.5 Å². The second-order valence-electron chi connectivity index (χ2n) is 7.14. The summed E-state index contributed by atoms with van der Waals surface area (Å²) in [5, 5.41) is 6.34. The number of nitrogens with zero attached hydrogens (tertiary/aromatic N) is 5. The Morgan fingerprint density at radius 1 is 1.25 bits per heavy atom. The normalized spacial score (nSPS) is 16.1. The van der Waals surface area contributed by atoms with Crippen LogP contribution >= 0.6 is 0 Å². The van der Waals surface area contributed by atoms with Crippen LogP contribution in [0.3, 0.4) is 0 Å². The van der Waals surface area contributed by atoms with Gasteiger partial charge in [-0.05, 0) is 25.3 Å². The van der Waals surface area contributed by atoms with E-state index in [1.807, 2.05) is 6.07 Å². The number of ether oxygens (including phenoxy) is 1. The summed E-state index contributed by atoms with van der Waals surface area (Å²) in [6, 6.07) is 1.80. The van der Waals surface area contributed by atoms with Crippen molar-refractivity contribution in [1.82, 2.24) is 25.5 Å². The van der Waals surface area contributed by atoms with Gasteiger partial charge >= 0.3 is 6.09 Å². The van der Waals surface area contributed by atoms with Crippen molar-refractivity contribution in [3.05, 3.63) is 18.5 Å².